The van der Waals surface area contributed by atoms with Crippen molar-refractivity contribution < 1.29 is 24.5 Å². The van der Waals surface area contributed by atoms with Crippen molar-refractivity contribution in [3.8, 4) is 11.5 Å². The minimum atomic E-state index is -1.03. The summed E-state index contributed by atoms with van der Waals surface area (Å²) in [7, 11) is 0. The molecule has 1 aliphatic rings. The fourth-order valence-electron chi connectivity index (χ4n) is 2.36. The first kappa shape index (κ1) is 15.6. The summed E-state index contributed by atoms with van der Waals surface area (Å²) in [5.74, 6) is 0.719. The maximum Gasteiger partial charge on any atom is 0.270 e. The zero-order chi connectivity index (χ0) is 15.6. The average Bonchev–Trinajstić information content (AvgIpc) is 2.44. The van der Waals surface area contributed by atoms with Crippen molar-refractivity contribution in [3.63, 3.8) is 0 Å². The molecule has 0 bridgehead atoms. The van der Waals surface area contributed by atoms with Crippen LogP contribution in [-0.2, 0) is 11.4 Å². The Hall–Kier alpha value is -1.79. The van der Waals surface area contributed by atoms with Crippen molar-refractivity contribution in [3.05, 3.63) is 17.7 Å². The lowest BCUT2D eigenvalue weighted by molar-refractivity contribution is -0.132. The van der Waals surface area contributed by atoms with Crippen molar-refractivity contribution in [2.75, 3.05) is 24.7 Å². The molecule has 1 amide bonds. The Morgan fingerprint density at radius 3 is 2.62 bits per heavy atom. The molecule has 0 saturated carbocycles. The molecule has 1 aromatic rings. The molecule has 0 aromatic heterocycles. The minimum Gasteiger partial charge on any atom is -0.490 e. The largest absolute Gasteiger partial charge is 0.490 e. The Bertz CT molecular complexity index is 541. The van der Waals surface area contributed by atoms with E-state index in [1.807, 2.05) is 6.92 Å². The van der Waals surface area contributed by atoms with Gasteiger partial charge in [0.25, 0.3) is 5.91 Å². The molecule has 116 valence electrons. The number of rotatable bonds is 5. The first-order chi connectivity index (χ1) is 9.94. The number of benzene rings is 1. The molecule has 1 aromatic carbocycles. The Labute approximate surface area is 123 Å². The first-order valence-corrected chi connectivity index (χ1v) is 6.97. The van der Waals surface area contributed by atoms with Crippen molar-refractivity contribution in [2.24, 2.45) is 0 Å². The van der Waals surface area contributed by atoms with Crippen LogP contribution in [0.4, 0.5) is 5.69 Å². The second-order valence-electron chi connectivity index (χ2n) is 5.33. The lowest BCUT2D eigenvalue weighted by Gasteiger charge is -2.39. The molecule has 6 nitrogen and oxygen atoms in total. The third-order valence-electron chi connectivity index (χ3n) is 3.31. The predicted molar refractivity (Wildman–Crippen MR) is 77.7 cm³/mol. The van der Waals surface area contributed by atoms with Crippen LogP contribution >= 0.6 is 0 Å². The summed E-state index contributed by atoms with van der Waals surface area (Å²) in [5.41, 5.74) is 0.106. The van der Waals surface area contributed by atoms with E-state index in [9.17, 15) is 15.0 Å². The lowest BCUT2D eigenvalue weighted by atomic mass is 10.0. The van der Waals surface area contributed by atoms with Gasteiger partial charge in [-0.25, -0.2) is 0 Å². The van der Waals surface area contributed by atoms with Gasteiger partial charge in [-0.05, 0) is 38.5 Å². The number of amides is 1. The van der Waals surface area contributed by atoms with E-state index in [4.69, 9.17) is 9.47 Å². The zero-order valence-corrected chi connectivity index (χ0v) is 12.5. The van der Waals surface area contributed by atoms with Crippen LogP contribution in [-0.4, -0.2) is 41.5 Å². The van der Waals surface area contributed by atoms with Gasteiger partial charge >= 0.3 is 0 Å². The molecular formula is C15H21NO5. The number of ether oxygens (including phenoxy) is 2. The zero-order valence-electron chi connectivity index (χ0n) is 12.5. The van der Waals surface area contributed by atoms with Gasteiger partial charge in [0, 0.05) is 6.54 Å². The molecule has 0 saturated heterocycles. The second-order valence-corrected chi connectivity index (χ2v) is 5.33. The van der Waals surface area contributed by atoms with Crippen LogP contribution in [0.2, 0.25) is 0 Å². The molecule has 0 unspecified atom stereocenters. The topological polar surface area (TPSA) is 79.2 Å². The van der Waals surface area contributed by atoms with Gasteiger partial charge in [-0.3, -0.25) is 4.79 Å². The lowest BCUT2D eigenvalue weighted by Crippen LogP contribution is -2.53. The Balaban J connectivity index is 2.60. The molecule has 0 spiro atoms. The quantitative estimate of drug-likeness (QED) is 0.849. The van der Waals surface area contributed by atoms with E-state index in [1.165, 1.54) is 4.90 Å². The number of hydrogen-bond acceptors (Lipinski definition) is 5. The van der Waals surface area contributed by atoms with Crippen molar-refractivity contribution in [1.29, 1.82) is 0 Å². The number of β-amino-alcohol motifs (C(OH)–C–C–N with tert-alkyl or cyclic N) is 1. The van der Waals surface area contributed by atoms with Crippen molar-refractivity contribution in [2.45, 2.75) is 33.0 Å². The summed E-state index contributed by atoms with van der Waals surface area (Å²) in [6.45, 7) is 5.49. The van der Waals surface area contributed by atoms with E-state index in [1.54, 1.807) is 26.0 Å². The van der Waals surface area contributed by atoms with Gasteiger partial charge in [0.1, 0.15) is 0 Å². The number of hydrogen-bond donors (Lipinski definition) is 2. The smallest absolute Gasteiger partial charge is 0.270 e. The third-order valence-corrected chi connectivity index (χ3v) is 3.31. The monoisotopic (exact) mass is 295 g/mol. The molecule has 0 radical (unpaired) electrons. The van der Waals surface area contributed by atoms with Gasteiger partial charge in [0.2, 0.25) is 0 Å². The molecule has 0 atom stereocenters. The van der Waals surface area contributed by atoms with Gasteiger partial charge in [-0.15, -0.1) is 0 Å². The van der Waals surface area contributed by atoms with Crippen LogP contribution < -0.4 is 14.4 Å². The molecule has 1 heterocycles. The summed E-state index contributed by atoms with van der Waals surface area (Å²) in [5, 5.41) is 18.6. The first-order valence-electron chi connectivity index (χ1n) is 6.97. The van der Waals surface area contributed by atoms with E-state index in [0.717, 1.165) is 0 Å². The highest BCUT2D eigenvalue weighted by atomic mass is 16.5. The minimum absolute atomic E-state index is 0.158. The number of aliphatic hydroxyl groups is 2. The van der Waals surface area contributed by atoms with Gasteiger partial charge in [0.05, 0.1) is 25.5 Å². The van der Waals surface area contributed by atoms with E-state index in [-0.39, 0.29) is 25.7 Å². The van der Waals surface area contributed by atoms with Gasteiger partial charge in [-0.1, -0.05) is 0 Å². The Morgan fingerprint density at radius 1 is 1.33 bits per heavy atom. The number of carbonyl (C=O) groups excluding carboxylic acids is 1. The average molecular weight is 295 g/mol. The standard InChI is InChI=1S/C15H21NO5/c1-4-20-12-8-10(9-18)7-11-13(12)21-15(2,3)14(19)16(11)5-6-17/h7-8,17-18H,4-6,9H2,1-3H3. The summed E-state index contributed by atoms with van der Waals surface area (Å²) >= 11 is 0. The fourth-order valence-corrected chi connectivity index (χ4v) is 2.36. The normalized spacial score (nSPS) is 16.4. The SMILES string of the molecule is CCOc1cc(CO)cc2c1OC(C)(C)C(=O)N2CCO. The number of carbonyl (C=O) groups is 1. The number of fused-ring (bicyclic) bond motifs is 1. The van der Waals surface area contributed by atoms with E-state index in [0.29, 0.717) is 29.4 Å². The van der Waals surface area contributed by atoms with E-state index >= 15 is 0 Å². The summed E-state index contributed by atoms with van der Waals surface area (Å²) in [4.78, 5) is 13.9. The highest BCUT2D eigenvalue weighted by molar-refractivity contribution is 6.03. The van der Waals surface area contributed by atoms with Gasteiger partial charge in [0.15, 0.2) is 17.1 Å². The van der Waals surface area contributed by atoms with Gasteiger partial charge < -0.3 is 24.6 Å². The molecule has 0 fully saturated rings. The summed E-state index contributed by atoms with van der Waals surface area (Å²) in [6, 6.07) is 3.38. The van der Waals surface area contributed by atoms with Crippen LogP contribution in [0.3, 0.4) is 0 Å². The van der Waals surface area contributed by atoms with Crippen molar-refractivity contribution >= 4 is 11.6 Å². The highest BCUT2D eigenvalue weighted by Crippen LogP contribution is 2.45. The summed E-state index contributed by atoms with van der Waals surface area (Å²) < 4.78 is 11.4. The van der Waals surface area contributed by atoms with E-state index in [2.05, 4.69) is 0 Å². The summed E-state index contributed by atoms with van der Waals surface area (Å²) in [6.07, 6.45) is 0. The number of aliphatic hydroxyl groups excluding tert-OH is 2. The maximum atomic E-state index is 12.5. The van der Waals surface area contributed by atoms with Crippen LogP contribution in [0, 0.1) is 0 Å². The van der Waals surface area contributed by atoms with E-state index < -0.39 is 5.60 Å². The van der Waals surface area contributed by atoms with Crippen LogP contribution in [0.15, 0.2) is 12.1 Å². The van der Waals surface area contributed by atoms with Crippen LogP contribution in [0.5, 0.6) is 11.5 Å². The highest BCUT2D eigenvalue weighted by Gasteiger charge is 2.42. The number of anilines is 1. The molecule has 21 heavy (non-hydrogen) atoms. The Kier molecular flexibility index (Phi) is 4.39. The van der Waals surface area contributed by atoms with Gasteiger partial charge in [-0.2, -0.15) is 0 Å². The second kappa shape index (κ2) is 5.91. The van der Waals surface area contributed by atoms with Crippen LogP contribution in [0.25, 0.3) is 0 Å². The molecule has 2 rings (SSSR count). The number of nitrogens with zero attached hydrogens (tertiary/aromatic N) is 1. The van der Waals surface area contributed by atoms with Crippen LogP contribution in [0.1, 0.15) is 26.3 Å². The van der Waals surface area contributed by atoms with Crippen molar-refractivity contribution in [1.82, 2.24) is 0 Å². The molecule has 0 aliphatic carbocycles. The molecule has 2 N–H and O–H groups in total. The predicted octanol–water partition coefficient (Wildman–Crippen LogP) is 1.07. The molecule has 6 heteroatoms. The fraction of sp³-hybridized carbons (Fsp3) is 0.533. The molecular weight excluding hydrogens is 274 g/mol. The Morgan fingerprint density at radius 2 is 2.05 bits per heavy atom. The molecule has 1 aliphatic heterocycles. The maximum absolute atomic E-state index is 12.5. The third kappa shape index (κ3) is 2.82.